The molecule has 5 heteroatoms. The van der Waals surface area contributed by atoms with Crippen molar-refractivity contribution in [3.8, 4) is 12.1 Å². The van der Waals surface area contributed by atoms with Gasteiger partial charge >= 0.3 is 0 Å². The van der Waals surface area contributed by atoms with Gasteiger partial charge in [-0.15, -0.1) is 11.8 Å². The van der Waals surface area contributed by atoms with Crippen molar-refractivity contribution in [1.82, 2.24) is 5.32 Å². The van der Waals surface area contributed by atoms with Gasteiger partial charge in [0.25, 0.3) is 0 Å². The summed E-state index contributed by atoms with van der Waals surface area (Å²) in [5.41, 5.74) is 0.856. The van der Waals surface area contributed by atoms with Gasteiger partial charge in [-0.3, -0.25) is 5.32 Å². The van der Waals surface area contributed by atoms with Crippen molar-refractivity contribution in [2.75, 3.05) is 5.75 Å². The molecule has 1 rings (SSSR count). The van der Waals surface area contributed by atoms with Crippen LogP contribution in [-0.2, 0) is 0 Å². The summed E-state index contributed by atoms with van der Waals surface area (Å²) in [5, 5.41) is 29.4. The lowest BCUT2D eigenvalue weighted by Crippen LogP contribution is -2.44. The monoisotopic (exact) mass is 209 g/mol. The highest BCUT2D eigenvalue weighted by atomic mass is 32.2. The molecule has 1 aliphatic rings. The summed E-state index contributed by atoms with van der Waals surface area (Å²) in [6.45, 7) is 1.82. The average molecular weight is 209 g/mol. The SMILES string of the molecule is CC1=CC(O)NC(SCC#N)C1C#N. The lowest BCUT2D eigenvalue weighted by molar-refractivity contribution is 0.167. The van der Waals surface area contributed by atoms with Gasteiger partial charge in [0.2, 0.25) is 0 Å². The average Bonchev–Trinajstić information content (AvgIpc) is 2.14. The van der Waals surface area contributed by atoms with Crippen molar-refractivity contribution in [2.24, 2.45) is 5.92 Å². The van der Waals surface area contributed by atoms with E-state index in [0.29, 0.717) is 5.75 Å². The number of thioether (sulfide) groups is 1. The predicted octanol–water partition coefficient (Wildman–Crippen LogP) is 0.577. The number of nitriles is 2. The van der Waals surface area contributed by atoms with E-state index in [-0.39, 0.29) is 11.3 Å². The first-order valence-electron chi connectivity index (χ1n) is 4.19. The quantitative estimate of drug-likeness (QED) is 0.650. The van der Waals surface area contributed by atoms with Crippen LogP contribution in [0, 0.1) is 28.6 Å². The van der Waals surface area contributed by atoms with Crippen LogP contribution in [0.1, 0.15) is 6.92 Å². The third kappa shape index (κ3) is 2.49. The summed E-state index contributed by atoms with van der Waals surface area (Å²) in [7, 11) is 0. The van der Waals surface area contributed by atoms with Gasteiger partial charge in [-0.05, 0) is 13.0 Å². The van der Waals surface area contributed by atoms with E-state index in [1.165, 1.54) is 11.8 Å². The van der Waals surface area contributed by atoms with Crippen molar-refractivity contribution in [3.63, 3.8) is 0 Å². The first kappa shape index (κ1) is 11.1. The molecule has 74 valence electrons. The molecule has 0 saturated heterocycles. The minimum absolute atomic E-state index is 0.195. The minimum atomic E-state index is -0.712. The third-order valence-corrected chi connectivity index (χ3v) is 3.08. The molecule has 2 N–H and O–H groups in total. The molecule has 0 saturated carbocycles. The number of rotatable bonds is 2. The molecule has 0 amide bonds. The van der Waals surface area contributed by atoms with Crippen molar-refractivity contribution in [3.05, 3.63) is 11.6 Å². The van der Waals surface area contributed by atoms with E-state index in [0.717, 1.165) is 5.57 Å². The zero-order valence-corrected chi connectivity index (χ0v) is 8.58. The summed E-state index contributed by atoms with van der Waals surface area (Å²) in [6.07, 6.45) is 0.910. The van der Waals surface area contributed by atoms with Gasteiger partial charge < -0.3 is 5.11 Å². The van der Waals surface area contributed by atoms with E-state index >= 15 is 0 Å². The molecule has 3 atom stereocenters. The fourth-order valence-corrected chi connectivity index (χ4v) is 2.30. The third-order valence-electron chi connectivity index (χ3n) is 2.02. The Kier molecular flexibility index (Phi) is 3.97. The Morgan fingerprint density at radius 2 is 2.36 bits per heavy atom. The van der Waals surface area contributed by atoms with Crippen LogP contribution in [0.4, 0.5) is 0 Å². The van der Waals surface area contributed by atoms with Gasteiger partial charge in [0, 0.05) is 0 Å². The van der Waals surface area contributed by atoms with Gasteiger partial charge in [0.1, 0.15) is 6.23 Å². The van der Waals surface area contributed by atoms with E-state index in [4.69, 9.17) is 10.5 Å². The lowest BCUT2D eigenvalue weighted by atomic mass is 9.98. The van der Waals surface area contributed by atoms with Crippen molar-refractivity contribution in [2.45, 2.75) is 18.5 Å². The maximum absolute atomic E-state index is 9.37. The molecule has 4 nitrogen and oxygen atoms in total. The Morgan fingerprint density at radius 1 is 1.64 bits per heavy atom. The standard InChI is InChI=1S/C9H11N3OS/c1-6-4-8(13)12-9(7(6)5-11)14-3-2-10/h4,7-9,12-13H,3H2,1H3. The van der Waals surface area contributed by atoms with Crippen LogP contribution in [0.5, 0.6) is 0 Å². The van der Waals surface area contributed by atoms with Crippen molar-refractivity contribution in [1.29, 1.82) is 10.5 Å². The normalized spacial score (nSPS) is 31.4. The molecule has 0 spiro atoms. The van der Waals surface area contributed by atoms with E-state index in [1.54, 1.807) is 6.08 Å². The van der Waals surface area contributed by atoms with Crippen LogP contribution in [0.15, 0.2) is 11.6 Å². The number of nitrogens with zero attached hydrogens (tertiary/aromatic N) is 2. The Bertz CT molecular complexity index is 315. The van der Waals surface area contributed by atoms with E-state index in [1.807, 2.05) is 13.0 Å². The molecule has 14 heavy (non-hydrogen) atoms. The summed E-state index contributed by atoms with van der Waals surface area (Å²) in [4.78, 5) is 0. The molecule has 0 radical (unpaired) electrons. The second-order valence-corrected chi connectivity index (χ2v) is 4.15. The van der Waals surface area contributed by atoms with Crippen LogP contribution < -0.4 is 5.32 Å². The molecular weight excluding hydrogens is 198 g/mol. The summed E-state index contributed by atoms with van der Waals surface area (Å²) < 4.78 is 0. The summed E-state index contributed by atoms with van der Waals surface area (Å²) in [6, 6.07) is 4.16. The molecule has 0 bridgehead atoms. The highest BCUT2D eigenvalue weighted by Crippen LogP contribution is 2.26. The summed E-state index contributed by atoms with van der Waals surface area (Å²) in [5.74, 6) is 0.0484. The van der Waals surface area contributed by atoms with Crippen LogP contribution >= 0.6 is 11.8 Å². The van der Waals surface area contributed by atoms with Gasteiger partial charge in [0.15, 0.2) is 0 Å². The Balaban J connectivity index is 2.72. The fraction of sp³-hybridized carbons (Fsp3) is 0.556. The largest absolute Gasteiger partial charge is 0.375 e. The Labute approximate surface area is 87.2 Å². The van der Waals surface area contributed by atoms with Crippen molar-refractivity contribution < 1.29 is 5.11 Å². The van der Waals surface area contributed by atoms with Crippen LogP contribution in [0.2, 0.25) is 0 Å². The first-order chi connectivity index (χ1) is 6.69. The highest BCUT2D eigenvalue weighted by molar-refractivity contribution is 8.00. The van der Waals surface area contributed by atoms with Crippen molar-refractivity contribution >= 4 is 11.8 Å². The molecule has 1 aliphatic heterocycles. The molecule has 1 heterocycles. The predicted molar refractivity (Wildman–Crippen MR) is 53.9 cm³/mol. The molecule has 3 unspecified atom stereocenters. The van der Waals surface area contributed by atoms with Gasteiger partial charge in [-0.2, -0.15) is 10.5 Å². The van der Waals surface area contributed by atoms with Gasteiger partial charge in [0.05, 0.1) is 29.2 Å². The van der Waals surface area contributed by atoms with E-state index < -0.39 is 6.23 Å². The number of aliphatic hydroxyl groups excluding tert-OH is 1. The topological polar surface area (TPSA) is 79.8 Å². The Morgan fingerprint density at radius 3 is 2.93 bits per heavy atom. The number of nitrogens with one attached hydrogen (secondary N) is 1. The van der Waals surface area contributed by atoms with Gasteiger partial charge in [-0.1, -0.05) is 5.57 Å². The maximum Gasteiger partial charge on any atom is 0.125 e. The second-order valence-electron chi connectivity index (χ2n) is 3.02. The summed E-state index contributed by atoms with van der Waals surface area (Å²) >= 11 is 1.34. The van der Waals surface area contributed by atoms with Crippen LogP contribution in [0.3, 0.4) is 0 Å². The molecule has 0 fully saturated rings. The molecule has 0 aromatic rings. The minimum Gasteiger partial charge on any atom is -0.375 e. The van der Waals surface area contributed by atoms with Crippen LogP contribution in [-0.4, -0.2) is 22.5 Å². The van der Waals surface area contributed by atoms with Crippen LogP contribution in [0.25, 0.3) is 0 Å². The fourth-order valence-electron chi connectivity index (χ4n) is 1.34. The zero-order valence-electron chi connectivity index (χ0n) is 7.77. The lowest BCUT2D eigenvalue weighted by Gasteiger charge is -2.29. The smallest absolute Gasteiger partial charge is 0.125 e. The number of hydrogen-bond donors (Lipinski definition) is 2. The first-order valence-corrected chi connectivity index (χ1v) is 5.24. The number of aliphatic hydroxyl groups is 1. The maximum atomic E-state index is 9.37. The molecular formula is C9H11N3OS. The molecule has 0 aromatic carbocycles. The molecule has 0 aliphatic carbocycles. The van der Waals surface area contributed by atoms with Gasteiger partial charge in [-0.25, -0.2) is 0 Å². The highest BCUT2D eigenvalue weighted by Gasteiger charge is 2.28. The Hall–Kier alpha value is -1.01. The molecule has 0 aromatic heterocycles. The second kappa shape index (κ2) is 5.02. The zero-order chi connectivity index (χ0) is 10.6. The van der Waals surface area contributed by atoms with E-state index in [2.05, 4.69) is 11.4 Å². The van der Waals surface area contributed by atoms with E-state index in [9.17, 15) is 5.11 Å². The number of hydrogen-bond acceptors (Lipinski definition) is 5.